The molecule has 0 aliphatic rings. The van der Waals surface area contributed by atoms with Crippen molar-refractivity contribution in [3.05, 3.63) is 59.7 Å². The van der Waals surface area contributed by atoms with Crippen LogP contribution in [0.3, 0.4) is 0 Å². The Bertz CT molecular complexity index is 317. The summed E-state index contributed by atoms with van der Waals surface area (Å²) in [6.07, 6.45) is 6.54. The van der Waals surface area contributed by atoms with Crippen LogP contribution in [0.2, 0.25) is 0 Å². The van der Waals surface area contributed by atoms with Crippen LogP contribution in [0.4, 0.5) is 0 Å². The summed E-state index contributed by atoms with van der Waals surface area (Å²) in [4.78, 5) is 0. The quantitative estimate of drug-likeness (QED) is 0.617. The van der Waals surface area contributed by atoms with Gasteiger partial charge in [-0.05, 0) is 25.3 Å². The molecule has 0 heteroatoms. The van der Waals surface area contributed by atoms with Crippen molar-refractivity contribution in [2.45, 2.75) is 26.7 Å². The highest BCUT2D eigenvalue weighted by Crippen LogP contribution is 2.16. The molecule has 0 saturated carbocycles. The van der Waals surface area contributed by atoms with Crippen LogP contribution in [-0.4, -0.2) is 0 Å². The molecule has 0 amide bonds. The van der Waals surface area contributed by atoms with E-state index in [-0.39, 0.29) is 0 Å². The minimum Gasteiger partial charge on any atom is -0.0847 e. The Kier molecular flexibility index (Phi) is 4.18. The maximum absolute atomic E-state index is 2.24. The lowest BCUT2D eigenvalue weighted by atomic mass is 10.0. The molecule has 0 aliphatic heterocycles. The predicted molar refractivity (Wildman–Crippen MR) is 63.4 cm³/mol. The van der Waals surface area contributed by atoms with Crippen LogP contribution in [0.25, 0.3) is 0 Å². The summed E-state index contributed by atoms with van der Waals surface area (Å²) in [5.74, 6) is 0.492. The molecule has 0 aliphatic carbocycles. The molecule has 1 aromatic carbocycles. The molecular weight excluding hydrogens is 168 g/mol. The van der Waals surface area contributed by atoms with Gasteiger partial charge in [-0.15, -0.1) is 0 Å². The van der Waals surface area contributed by atoms with E-state index in [2.05, 4.69) is 69.3 Å². The zero-order valence-electron chi connectivity index (χ0n) is 9.20. The monoisotopic (exact) mass is 186 g/mol. The Balaban J connectivity index is 2.68. The van der Waals surface area contributed by atoms with Gasteiger partial charge in [-0.2, -0.15) is 0 Å². The van der Waals surface area contributed by atoms with E-state index in [0.717, 1.165) is 0 Å². The zero-order chi connectivity index (χ0) is 10.4. The predicted octanol–water partition coefficient (Wildman–Crippen LogP) is 4.31. The summed E-state index contributed by atoms with van der Waals surface area (Å²) >= 11 is 0. The van der Waals surface area contributed by atoms with E-state index in [4.69, 9.17) is 0 Å². The van der Waals surface area contributed by atoms with E-state index >= 15 is 0 Å². The molecule has 0 aromatic heterocycles. The number of benzene rings is 1. The molecule has 0 spiro atoms. The van der Waals surface area contributed by atoms with E-state index in [1.165, 1.54) is 11.1 Å². The van der Waals surface area contributed by atoms with Crippen LogP contribution in [0, 0.1) is 0 Å². The molecule has 0 N–H and O–H groups in total. The molecule has 0 heterocycles. The number of hydrogen-bond donors (Lipinski definition) is 0. The van der Waals surface area contributed by atoms with Crippen molar-refractivity contribution in [2.24, 2.45) is 0 Å². The summed E-state index contributed by atoms with van der Waals surface area (Å²) in [5, 5.41) is 0. The molecule has 1 aromatic rings. The fraction of sp³-hybridized carbons (Fsp3) is 0.286. The van der Waals surface area contributed by atoms with Crippen molar-refractivity contribution in [1.29, 1.82) is 0 Å². The highest BCUT2D eigenvalue weighted by molar-refractivity contribution is 5.25. The van der Waals surface area contributed by atoms with Gasteiger partial charge in [0.1, 0.15) is 0 Å². The second-order valence-electron chi connectivity index (χ2n) is 3.59. The van der Waals surface area contributed by atoms with Gasteiger partial charge < -0.3 is 0 Å². The Hall–Kier alpha value is -1.30. The maximum atomic E-state index is 2.24. The lowest BCUT2D eigenvalue weighted by Crippen LogP contribution is -1.87. The molecule has 0 nitrogen and oxygen atoms in total. The summed E-state index contributed by atoms with van der Waals surface area (Å²) in [6, 6.07) is 10.6. The normalized spacial score (nSPS) is 14.6. The molecule has 0 saturated heterocycles. The molecule has 14 heavy (non-hydrogen) atoms. The van der Waals surface area contributed by atoms with Crippen LogP contribution in [-0.2, 0) is 0 Å². The minimum atomic E-state index is 0.492. The van der Waals surface area contributed by atoms with Crippen molar-refractivity contribution in [1.82, 2.24) is 0 Å². The van der Waals surface area contributed by atoms with Crippen LogP contribution in [0.5, 0.6) is 0 Å². The fourth-order valence-corrected chi connectivity index (χ4v) is 1.26. The smallest absolute Gasteiger partial charge is 0.000723 e. The van der Waals surface area contributed by atoms with E-state index in [1.807, 2.05) is 0 Å². The summed E-state index contributed by atoms with van der Waals surface area (Å²) in [6.45, 7) is 6.40. The van der Waals surface area contributed by atoms with Crippen molar-refractivity contribution in [3.63, 3.8) is 0 Å². The Morgan fingerprint density at radius 1 is 1.21 bits per heavy atom. The Morgan fingerprint density at radius 3 is 2.43 bits per heavy atom. The maximum Gasteiger partial charge on any atom is -0.000723 e. The van der Waals surface area contributed by atoms with Crippen LogP contribution < -0.4 is 0 Å². The van der Waals surface area contributed by atoms with Crippen LogP contribution >= 0.6 is 0 Å². The van der Waals surface area contributed by atoms with E-state index in [1.54, 1.807) is 0 Å². The van der Waals surface area contributed by atoms with Crippen LogP contribution in [0.1, 0.15) is 32.3 Å². The largest absolute Gasteiger partial charge is 0.0847 e. The van der Waals surface area contributed by atoms with E-state index < -0.39 is 0 Å². The van der Waals surface area contributed by atoms with Gasteiger partial charge in [0.05, 0.1) is 0 Å². The third-order valence-corrected chi connectivity index (χ3v) is 2.43. The third kappa shape index (κ3) is 3.21. The van der Waals surface area contributed by atoms with Crippen molar-refractivity contribution in [3.8, 4) is 0 Å². The third-order valence-electron chi connectivity index (χ3n) is 2.43. The molecule has 0 fully saturated rings. The molecule has 1 atom stereocenters. The topological polar surface area (TPSA) is 0 Å². The molecule has 1 rings (SSSR count). The first-order chi connectivity index (χ1) is 6.74. The lowest BCUT2D eigenvalue weighted by Gasteiger charge is -2.05. The van der Waals surface area contributed by atoms with Crippen molar-refractivity contribution >= 4 is 0 Å². The van der Waals surface area contributed by atoms with Gasteiger partial charge in [-0.1, -0.05) is 61.1 Å². The number of hydrogen-bond acceptors (Lipinski definition) is 0. The van der Waals surface area contributed by atoms with Crippen LogP contribution in [0.15, 0.2) is 54.1 Å². The molecule has 1 unspecified atom stereocenters. The highest BCUT2D eigenvalue weighted by atomic mass is 14.0. The van der Waals surface area contributed by atoms with Gasteiger partial charge in [-0.3, -0.25) is 0 Å². The molecule has 74 valence electrons. The lowest BCUT2D eigenvalue weighted by molar-refractivity contribution is 0.966. The number of allylic oxidation sites excluding steroid dienone is 4. The second-order valence-corrected chi connectivity index (χ2v) is 3.59. The summed E-state index contributed by atoms with van der Waals surface area (Å²) < 4.78 is 0. The molecular formula is C14H18. The Labute approximate surface area is 87.0 Å². The zero-order valence-corrected chi connectivity index (χ0v) is 9.20. The minimum absolute atomic E-state index is 0.492. The van der Waals surface area contributed by atoms with E-state index in [0.29, 0.717) is 5.92 Å². The van der Waals surface area contributed by atoms with Gasteiger partial charge in [0.25, 0.3) is 0 Å². The fourth-order valence-electron chi connectivity index (χ4n) is 1.26. The number of rotatable bonds is 3. The van der Waals surface area contributed by atoms with Gasteiger partial charge in [0, 0.05) is 0 Å². The first-order valence-electron chi connectivity index (χ1n) is 5.10. The Morgan fingerprint density at radius 2 is 1.86 bits per heavy atom. The first-order valence-corrected chi connectivity index (χ1v) is 5.10. The average Bonchev–Trinajstić information content (AvgIpc) is 2.26. The van der Waals surface area contributed by atoms with Gasteiger partial charge in [-0.25, -0.2) is 0 Å². The summed E-state index contributed by atoms with van der Waals surface area (Å²) in [5.41, 5.74) is 2.68. The van der Waals surface area contributed by atoms with Crippen molar-refractivity contribution in [2.75, 3.05) is 0 Å². The highest BCUT2D eigenvalue weighted by Gasteiger charge is 1.98. The van der Waals surface area contributed by atoms with Gasteiger partial charge in [0.15, 0.2) is 0 Å². The molecule has 0 bridgehead atoms. The van der Waals surface area contributed by atoms with Gasteiger partial charge in [0.2, 0.25) is 0 Å². The summed E-state index contributed by atoms with van der Waals surface area (Å²) in [7, 11) is 0. The van der Waals surface area contributed by atoms with Gasteiger partial charge >= 0.3 is 0 Å². The van der Waals surface area contributed by atoms with E-state index in [9.17, 15) is 0 Å². The standard InChI is InChI=1S/C14H18/c1-4-12(2)10-11-13(3)14-8-6-5-7-9-14/h4-11,13H,1-3H3/b11-10-,12-4-. The molecule has 0 radical (unpaired) electrons. The second kappa shape index (κ2) is 5.43. The average molecular weight is 186 g/mol. The van der Waals surface area contributed by atoms with Crippen molar-refractivity contribution < 1.29 is 0 Å². The first kappa shape index (κ1) is 10.8. The SMILES string of the molecule is C/C=C(C)\C=C/C(C)c1ccccc1.